The molecule has 0 aliphatic heterocycles. The van der Waals surface area contributed by atoms with E-state index in [1.165, 1.54) is 56.9 Å². The molecule has 4 rings (SSSR count). The highest BCUT2D eigenvalue weighted by Crippen LogP contribution is 2.76. The Kier molecular flexibility index (Phi) is 5.99. The second-order valence-electron chi connectivity index (χ2n) is 14.0. The van der Waals surface area contributed by atoms with Crippen LogP contribution in [0.1, 0.15) is 113 Å². The molecule has 4 aliphatic carbocycles. The molecule has 0 aromatic heterocycles. The molecule has 0 aromatic rings. The van der Waals surface area contributed by atoms with E-state index in [0.29, 0.717) is 46.3 Å². The first-order valence-corrected chi connectivity index (χ1v) is 13.7. The van der Waals surface area contributed by atoms with Crippen molar-refractivity contribution in [2.24, 2.45) is 57.2 Å². The zero-order valence-corrected chi connectivity index (χ0v) is 22.1. The van der Waals surface area contributed by atoms with Gasteiger partial charge in [0.1, 0.15) is 0 Å². The lowest BCUT2D eigenvalue weighted by molar-refractivity contribution is -0.221. The lowest BCUT2D eigenvalue weighted by atomic mass is 9.34. The minimum absolute atomic E-state index is 0.137. The van der Waals surface area contributed by atoms with Crippen molar-refractivity contribution in [2.75, 3.05) is 0 Å². The number of rotatable bonds is 5. The van der Waals surface area contributed by atoms with E-state index < -0.39 is 5.97 Å². The first-order chi connectivity index (χ1) is 14.8. The maximum absolute atomic E-state index is 11.6. The third kappa shape index (κ3) is 3.28. The van der Waals surface area contributed by atoms with Crippen LogP contribution in [0.25, 0.3) is 0 Å². The summed E-state index contributed by atoms with van der Waals surface area (Å²) in [6, 6.07) is 0. The van der Waals surface area contributed by atoms with E-state index in [4.69, 9.17) is 0 Å². The molecule has 4 fully saturated rings. The molecule has 182 valence electrons. The summed E-state index contributed by atoms with van der Waals surface area (Å²) in [6.45, 7) is 21.9. The number of carboxylic acid groups (broad SMARTS) is 1. The van der Waals surface area contributed by atoms with Gasteiger partial charge in [0.05, 0.1) is 0 Å². The number of hydrogen-bond acceptors (Lipinski definition) is 1. The Morgan fingerprint density at radius 3 is 2.25 bits per heavy atom. The van der Waals surface area contributed by atoms with Crippen LogP contribution in [0.5, 0.6) is 0 Å². The average molecular weight is 443 g/mol. The maximum atomic E-state index is 11.6. The number of hydrogen-bond donors (Lipinski definition) is 1. The van der Waals surface area contributed by atoms with Gasteiger partial charge in [-0.1, -0.05) is 53.7 Å². The lowest BCUT2D eigenvalue weighted by Gasteiger charge is -2.71. The molecule has 0 unspecified atom stereocenters. The molecule has 4 aliphatic rings. The van der Waals surface area contributed by atoms with Crippen LogP contribution in [0.15, 0.2) is 12.2 Å². The highest BCUT2D eigenvalue weighted by Gasteiger charge is 2.68. The van der Waals surface area contributed by atoms with E-state index in [9.17, 15) is 9.90 Å². The van der Waals surface area contributed by atoms with Crippen LogP contribution in [0.4, 0.5) is 0 Å². The smallest absolute Gasteiger partial charge is 0.303 e. The van der Waals surface area contributed by atoms with Gasteiger partial charge in [0.25, 0.3) is 0 Å². The average Bonchev–Trinajstić information content (AvgIpc) is 3.05. The van der Waals surface area contributed by atoms with Crippen molar-refractivity contribution in [1.29, 1.82) is 0 Å². The van der Waals surface area contributed by atoms with E-state index in [2.05, 4.69) is 55.0 Å². The summed E-state index contributed by atoms with van der Waals surface area (Å²) >= 11 is 0. The van der Waals surface area contributed by atoms with Crippen molar-refractivity contribution >= 4 is 5.97 Å². The Morgan fingerprint density at radius 1 is 0.969 bits per heavy atom. The van der Waals surface area contributed by atoms with Crippen LogP contribution in [0, 0.1) is 57.2 Å². The fourth-order valence-electron chi connectivity index (χ4n) is 10.7. The van der Waals surface area contributed by atoms with Crippen molar-refractivity contribution in [3.63, 3.8) is 0 Å². The summed E-state index contributed by atoms with van der Waals surface area (Å²) in [4.78, 5) is 11.6. The Bertz CT molecular complexity index is 769. The first-order valence-electron chi connectivity index (χ1n) is 13.7. The molecule has 9 atom stereocenters. The molecule has 0 radical (unpaired) electrons. The SMILES string of the molecule is C=C(C)[C@@H]1CC[C@]2(C)CC[C@]3(C)[C@H](CC[C@@H]4[C@@](C)(CCC(=O)O)[C@H](C(C)C)CC[C@]43C)[C@@H]12. The quantitative estimate of drug-likeness (QED) is 0.434. The van der Waals surface area contributed by atoms with Gasteiger partial charge in [0, 0.05) is 6.42 Å². The zero-order valence-electron chi connectivity index (χ0n) is 22.1. The molecule has 0 saturated heterocycles. The normalized spacial score (nSPS) is 50.4. The summed E-state index contributed by atoms with van der Waals surface area (Å²) in [5, 5.41) is 9.59. The molecule has 32 heavy (non-hydrogen) atoms. The molecule has 1 N–H and O–H groups in total. The minimum Gasteiger partial charge on any atom is -0.481 e. The van der Waals surface area contributed by atoms with Gasteiger partial charge in [-0.25, -0.2) is 0 Å². The van der Waals surface area contributed by atoms with Crippen LogP contribution < -0.4 is 0 Å². The topological polar surface area (TPSA) is 37.3 Å². The molecule has 4 saturated carbocycles. The van der Waals surface area contributed by atoms with Crippen LogP contribution in [-0.2, 0) is 4.79 Å². The second-order valence-corrected chi connectivity index (χ2v) is 14.0. The van der Waals surface area contributed by atoms with Gasteiger partial charge in [0.15, 0.2) is 0 Å². The fourth-order valence-corrected chi connectivity index (χ4v) is 10.7. The Hall–Kier alpha value is -0.790. The van der Waals surface area contributed by atoms with Crippen LogP contribution >= 0.6 is 0 Å². The molecule has 2 nitrogen and oxygen atoms in total. The van der Waals surface area contributed by atoms with E-state index in [-0.39, 0.29) is 5.41 Å². The highest BCUT2D eigenvalue weighted by atomic mass is 16.4. The first kappa shape index (κ1) is 24.3. The summed E-state index contributed by atoms with van der Waals surface area (Å²) in [7, 11) is 0. The number of aliphatic carboxylic acids is 1. The highest BCUT2D eigenvalue weighted by molar-refractivity contribution is 5.66. The second kappa shape index (κ2) is 7.88. The van der Waals surface area contributed by atoms with Gasteiger partial charge in [-0.05, 0) is 122 Å². The predicted octanol–water partition coefficient (Wildman–Crippen LogP) is 8.36. The standard InChI is InChI=1S/C30H50O2/c1-19(2)21-11-14-27(5)17-18-29(7)23(26(21)27)9-10-24-28(6,15-13-25(31)32)22(20(3)4)12-16-30(24,29)8/h20-24,26H,1,9-18H2,2-8H3,(H,31,32)/t21-,22-,23+,24+,26+,27+,28-,29+,30+/m0/s1. The lowest BCUT2D eigenvalue weighted by Crippen LogP contribution is -2.64. The summed E-state index contributed by atoms with van der Waals surface area (Å²) < 4.78 is 0. The van der Waals surface area contributed by atoms with Gasteiger partial charge >= 0.3 is 5.97 Å². The van der Waals surface area contributed by atoms with Crippen molar-refractivity contribution < 1.29 is 9.90 Å². The molecule has 0 bridgehead atoms. The van der Waals surface area contributed by atoms with Gasteiger partial charge < -0.3 is 5.11 Å². The Morgan fingerprint density at radius 2 is 1.66 bits per heavy atom. The number of carboxylic acids is 1. The third-order valence-corrected chi connectivity index (χ3v) is 12.5. The van der Waals surface area contributed by atoms with Gasteiger partial charge in [-0.3, -0.25) is 4.79 Å². The molecule has 0 aromatic carbocycles. The van der Waals surface area contributed by atoms with Crippen molar-refractivity contribution in [3.05, 3.63) is 12.2 Å². The zero-order chi connectivity index (χ0) is 23.7. The van der Waals surface area contributed by atoms with Crippen molar-refractivity contribution in [1.82, 2.24) is 0 Å². The van der Waals surface area contributed by atoms with Gasteiger partial charge in [-0.2, -0.15) is 0 Å². The Balaban J connectivity index is 1.74. The van der Waals surface area contributed by atoms with Crippen LogP contribution in [-0.4, -0.2) is 11.1 Å². The Labute approximate surface area is 198 Å². The van der Waals surface area contributed by atoms with Gasteiger partial charge in [-0.15, -0.1) is 0 Å². The number of fused-ring (bicyclic) bond motifs is 5. The van der Waals surface area contributed by atoms with Crippen LogP contribution in [0.3, 0.4) is 0 Å². The fraction of sp³-hybridized carbons (Fsp3) is 0.900. The molecule has 0 heterocycles. The molecule has 2 heteroatoms. The molecular weight excluding hydrogens is 392 g/mol. The van der Waals surface area contributed by atoms with E-state index in [1.54, 1.807) is 0 Å². The van der Waals surface area contributed by atoms with E-state index >= 15 is 0 Å². The van der Waals surface area contributed by atoms with Crippen LogP contribution in [0.2, 0.25) is 0 Å². The van der Waals surface area contributed by atoms with Gasteiger partial charge in [0.2, 0.25) is 0 Å². The van der Waals surface area contributed by atoms with Crippen molar-refractivity contribution in [2.45, 2.75) is 113 Å². The monoisotopic (exact) mass is 442 g/mol. The number of carbonyl (C=O) groups is 1. The summed E-state index contributed by atoms with van der Waals surface area (Å²) in [5.41, 5.74) is 2.74. The maximum Gasteiger partial charge on any atom is 0.303 e. The summed E-state index contributed by atoms with van der Waals surface area (Å²) in [6.07, 6.45) is 11.9. The minimum atomic E-state index is -0.621. The molecule has 0 spiro atoms. The largest absolute Gasteiger partial charge is 0.481 e. The molecular formula is C30H50O2. The van der Waals surface area contributed by atoms with E-state index in [0.717, 1.165) is 18.3 Å². The van der Waals surface area contributed by atoms with E-state index in [1.807, 2.05) is 0 Å². The number of allylic oxidation sites excluding steroid dienone is 1. The molecule has 0 amide bonds. The third-order valence-electron chi connectivity index (χ3n) is 12.5. The van der Waals surface area contributed by atoms with Crippen molar-refractivity contribution in [3.8, 4) is 0 Å². The summed E-state index contributed by atoms with van der Waals surface area (Å²) in [5.74, 6) is 3.59. The predicted molar refractivity (Wildman–Crippen MR) is 133 cm³/mol.